The second kappa shape index (κ2) is 5.00. The van der Waals surface area contributed by atoms with Crippen LogP contribution in [0.1, 0.15) is 50.7 Å². The summed E-state index contributed by atoms with van der Waals surface area (Å²) in [6.07, 6.45) is 4.91. The van der Waals surface area contributed by atoms with Crippen LogP contribution < -0.4 is 0 Å². The molecular weight excluding hydrogens is 224 g/mol. The molecule has 0 saturated carbocycles. The Kier molecular flexibility index (Phi) is 3.37. The van der Waals surface area contributed by atoms with Gasteiger partial charge in [-0.3, -0.25) is 0 Å². The molecule has 0 spiro atoms. The fourth-order valence-corrected chi connectivity index (χ4v) is 3.21. The number of hydrogen-bond acceptors (Lipinski definition) is 3. The van der Waals surface area contributed by atoms with Crippen LogP contribution in [0.15, 0.2) is 0 Å². The molecule has 1 aromatic heterocycles. The molecule has 2 aliphatic rings. The van der Waals surface area contributed by atoms with Gasteiger partial charge < -0.3 is 4.90 Å². The van der Waals surface area contributed by atoms with E-state index in [2.05, 4.69) is 23.4 Å². The van der Waals surface area contributed by atoms with Crippen LogP contribution in [0.4, 0.5) is 0 Å². The summed E-state index contributed by atoms with van der Waals surface area (Å²) < 4.78 is 2.15. The molecule has 0 radical (unpaired) electrons. The normalized spacial score (nSPS) is 29.2. The lowest BCUT2D eigenvalue weighted by Gasteiger charge is -2.30. The second-order valence-corrected chi connectivity index (χ2v) is 5.94. The van der Waals surface area contributed by atoms with Gasteiger partial charge in [-0.25, -0.2) is 9.67 Å². The predicted octanol–water partition coefficient (Wildman–Crippen LogP) is 2.06. The molecule has 1 fully saturated rings. The largest absolute Gasteiger partial charge is 0.303 e. The third-order valence-corrected chi connectivity index (χ3v) is 4.45. The molecule has 0 N–H and O–H groups in total. The Bertz CT molecular complexity index is 412. The van der Waals surface area contributed by atoms with Crippen molar-refractivity contribution in [1.29, 1.82) is 0 Å². The third-order valence-electron chi connectivity index (χ3n) is 4.45. The van der Waals surface area contributed by atoms with Crippen molar-refractivity contribution in [2.45, 2.75) is 52.0 Å². The quantitative estimate of drug-likeness (QED) is 0.803. The molecule has 3 heterocycles. The summed E-state index contributed by atoms with van der Waals surface area (Å²) in [7, 11) is 0. The molecule has 2 unspecified atom stereocenters. The fraction of sp³-hybridized carbons (Fsp3) is 0.857. The summed E-state index contributed by atoms with van der Waals surface area (Å²) in [5, 5.41) is 4.76. The van der Waals surface area contributed by atoms with Gasteiger partial charge in [0, 0.05) is 25.4 Å². The van der Waals surface area contributed by atoms with Gasteiger partial charge in [0.15, 0.2) is 5.82 Å². The van der Waals surface area contributed by atoms with E-state index in [-0.39, 0.29) is 0 Å². The molecule has 0 bridgehead atoms. The average molecular weight is 248 g/mol. The number of likely N-dealkylation sites (N-methyl/N-ethyl adjacent to an activating group) is 1. The van der Waals surface area contributed by atoms with E-state index in [1.165, 1.54) is 31.6 Å². The summed E-state index contributed by atoms with van der Waals surface area (Å²) in [5.74, 6) is 3.66. The maximum atomic E-state index is 4.82. The van der Waals surface area contributed by atoms with Gasteiger partial charge in [-0.05, 0) is 38.3 Å². The minimum atomic E-state index is 0.562. The van der Waals surface area contributed by atoms with E-state index in [4.69, 9.17) is 10.1 Å². The Morgan fingerprint density at radius 2 is 2.17 bits per heavy atom. The van der Waals surface area contributed by atoms with Crippen molar-refractivity contribution in [1.82, 2.24) is 19.7 Å². The molecule has 1 saturated heterocycles. The summed E-state index contributed by atoms with van der Waals surface area (Å²) >= 11 is 0. The van der Waals surface area contributed by atoms with E-state index >= 15 is 0 Å². The molecule has 0 amide bonds. The van der Waals surface area contributed by atoms with Crippen molar-refractivity contribution in [2.75, 3.05) is 19.6 Å². The number of nitrogens with zero attached hydrogens (tertiary/aromatic N) is 4. The molecular formula is C14H24N4. The Morgan fingerprint density at radius 1 is 1.28 bits per heavy atom. The minimum Gasteiger partial charge on any atom is -0.303 e. The number of aryl methyl sites for hydroxylation is 1. The highest BCUT2D eigenvalue weighted by atomic mass is 15.4. The van der Waals surface area contributed by atoms with Crippen LogP contribution in [0.5, 0.6) is 0 Å². The second-order valence-electron chi connectivity index (χ2n) is 5.94. The van der Waals surface area contributed by atoms with Crippen LogP contribution in [-0.2, 0) is 13.0 Å². The van der Waals surface area contributed by atoms with Crippen LogP contribution in [-0.4, -0.2) is 39.3 Å². The standard InChI is InChI=1S/C14H24N4/c1-3-17-7-4-5-12(10-17)14-15-13-9-11(2)6-8-18(13)16-14/h11-12H,3-10H2,1-2H3. The summed E-state index contributed by atoms with van der Waals surface area (Å²) in [5.41, 5.74) is 0. The first kappa shape index (κ1) is 12.2. The molecule has 18 heavy (non-hydrogen) atoms. The first-order valence-corrected chi connectivity index (χ1v) is 7.42. The van der Waals surface area contributed by atoms with Gasteiger partial charge in [-0.2, -0.15) is 5.10 Å². The van der Waals surface area contributed by atoms with Crippen LogP contribution in [0.2, 0.25) is 0 Å². The lowest BCUT2D eigenvalue weighted by Crippen LogP contribution is -2.34. The van der Waals surface area contributed by atoms with Crippen LogP contribution in [0.25, 0.3) is 0 Å². The van der Waals surface area contributed by atoms with Crippen molar-refractivity contribution >= 4 is 0 Å². The zero-order chi connectivity index (χ0) is 12.5. The summed E-state index contributed by atoms with van der Waals surface area (Å²) in [6, 6.07) is 0. The highest BCUT2D eigenvalue weighted by Gasteiger charge is 2.26. The van der Waals surface area contributed by atoms with Gasteiger partial charge in [0.2, 0.25) is 0 Å². The third kappa shape index (κ3) is 2.30. The van der Waals surface area contributed by atoms with Gasteiger partial charge in [0.25, 0.3) is 0 Å². The topological polar surface area (TPSA) is 34.0 Å². The van der Waals surface area contributed by atoms with E-state index < -0.39 is 0 Å². The van der Waals surface area contributed by atoms with Crippen molar-refractivity contribution < 1.29 is 0 Å². The van der Waals surface area contributed by atoms with Gasteiger partial charge in [0.05, 0.1) is 0 Å². The highest BCUT2D eigenvalue weighted by Crippen LogP contribution is 2.26. The van der Waals surface area contributed by atoms with Gasteiger partial charge >= 0.3 is 0 Å². The lowest BCUT2D eigenvalue weighted by atomic mass is 9.97. The highest BCUT2D eigenvalue weighted by molar-refractivity contribution is 5.04. The molecule has 3 rings (SSSR count). The Balaban J connectivity index is 1.76. The maximum Gasteiger partial charge on any atom is 0.155 e. The molecule has 2 atom stereocenters. The number of aromatic nitrogens is 3. The van der Waals surface area contributed by atoms with Crippen molar-refractivity contribution in [3.05, 3.63) is 11.6 Å². The molecule has 2 aliphatic heterocycles. The fourth-order valence-electron chi connectivity index (χ4n) is 3.21. The predicted molar refractivity (Wildman–Crippen MR) is 71.6 cm³/mol. The van der Waals surface area contributed by atoms with E-state index in [0.717, 1.165) is 37.8 Å². The van der Waals surface area contributed by atoms with Gasteiger partial charge in [0.1, 0.15) is 5.82 Å². The molecule has 1 aromatic rings. The Hall–Kier alpha value is -0.900. The first-order chi connectivity index (χ1) is 8.76. The maximum absolute atomic E-state index is 4.82. The molecule has 0 aliphatic carbocycles. The lowest BCUT2D eigenvalue weighted by molar-refractivity contribution is 0.213. The van der Waals surface area contributed by atoms with E-state index in [1.807, 2.05) is 0 Å². The zero-order valence-corrected chi connectivity index (χ0v) is 11.6. The molecule has 0 aromatic carbocycles. The zero-order valence-electron chi connectivity index (χ0n) is 11.6. The first-order valence-electron chi connectivity index (χ1n) is 7.42. The summed E-state index contributed by atoms with van der Waals surface area (Å²) in [6.45, 7) is 9.18. The molecule has 4 heteroatoms. The number of hydrogen-bond donors (Lipinski definition) is 0. The van der Waals surface area contributed by atoms with E-state index in [9.17, 15) is 0 Å². The number of piperidine rings is 1. The minimum absolute atomic E-state index is 0.562. The SMILES string of the molecule is CCN1CCCC(c2nc3n(n2)CCC(C)C3)C1. The van der Waals surface area contributed by atoms with Crippen LogP contribution in [0.3, 0.4) is 0 Å². The van der Waals surface area contributed by atoms with Gasteiger partial charge in [-0.15, -0.1) is 0 Å². The number of fused-ring (bicyclic) bond motifs is 1. The number of rotatable bonds is 2. The van der Waals surface area contributed by atoms with E-state index in [1.54, 1.807) is 0 Å². The average Bonchev–Trinajstić information content (AvgIpc) is 2.81. The Morgan fingerprint density at radius 3 is 3.00 bits per heavy atom. The smallest absolute Gasteiger partial charge is 0.155 e. The van der Waals surface area contributed by atoms with Crippen LogP contribution >= 0.6 is 0 Å². The van der Waals surface area contributed by atoms with E-state index in [0.29, 0.717) is 5.92 Å². The molecule has 100 valence electrons. The summed E-state index contributed by atoms with van der Waals surface area (Å²) in [4.78, 5) is 7.34. The Labute approximate surface area is 109 Å². The number of likely N-dealkylation sites (tertiary alicyclic amines) is 1. The van der Waals surface area contributed by atoms with Crippen molar-refractivity contribution in [3.63, 3.8) is 0 Å². The molecule has 4 nitrogen and oxygen atoms in total. The van der Waals surface area contributed by atoms with Crippen molar-refractivity contribution in [2.24, 2.45) is 5.92 Å². The monoisotopic (exact) mass is 248 g/mol. The van der Waals surface area contributed by atoms with Crippen LogP contribution in [0, 0.1) is 5.92 Å². The van der Waals surface area contributed by atoms with Crippen molar-refractivity contribution in [3.8, 4) is 0 Å². The van der Waals surface area contributed by atoms with Gasteiger partial charge in [-0.1, -0.05) is 13.8 Å².